The Kier molecular flexibility index (Phi) is 6.42. The molecular weight excluding hydrogens is 386 g/mol. The molecule has 0 N–H and O–H groups in total. The van der Waals surface area contributed by atoms with Crippen LogP contribution in [0.5, 0.6) is 0 Å². The first-order chi connectivity index (χ1) is 14.0. The molecule has 1 aliphatic heterocycles. The average Bonchev–Trinajstić information content (AvgIpc) is 3.07. The molecule has 29 heavy (non-hydrogen) atoms. The molecule has 2 heterocycles. The van der Waals surface area contributed by atoms with E-state index in [9.17, 15) is 15.4 Å². The lowest BCUT2D eigenvalue weighted by atomic mass is 10.1. The minimum atomic E-state index is -0.462. The number of nitrogens with zero attached hydrogens (tertiary/aromatic N) is 5. The fraction of sp³-hybridized carbons (Fsp3) is 0.190. The monoisotopic (exact) mass is 405 g/mol. The van der Waals surface area contributed by atoms with Crippen LogP contribution in [-0.4, -0.2) is 21.4 Å². The lowest BCUT2D eigenvalue weighted by molar-refractivity contribution is -0.419. The number of benzene rings is 1. The van der Waals surface area contributed by atoms with Crippen molar-refractivity contribution in [3.05, 3.63) is 99.1 Å². The topological polar surface area (TPSA) is 96.0 Å². The molecule has 1 atom stereocenters. The van der Waals surface area contributed by atoms with Gasteiger partial charge in [0.2, 0.25) is 0 Å². The predicted molar refractivity (Wildman–Crippen MR) is 114 cm³/mol. The van der Waals surface area contributed by atoms with Crippen LogP contribution < -0.4 is 4.90 Å². The molecule has 0 radical (unpaired) electrons. The summed E-state index contributed by atoms with van der Waals surface area (Å²) in [6.07, 6.45) is 10.3. The number of aromatic nitrogens is 2. The molecule has 0 amide bonds. The molecule has 1 aliphatic rings. The number of fused-ring (bicyclic) bond motifs is 1. The number of nitriles is 1. The highest BCUT2D eigenvalue weighted by molar-refractivity contribution is 8.03. The molecule has 1 aromatic carbocycles. The van der Waals surface area contributed by atoms with Gasteiger partial charge >= 0.3 is 0 Å². The minimum Gasteiger partial charge on any atom is -0.365 e. The molecule has 0 spiro atoms. The quantitative estimate of drug-likeness (QED) is 0.383. The third-order valence-corrected chi connectivity index (χ3v) is 5.75. The highest BCUT2D eigenvalue weighted by Crippen LogP contribution is 2.47. The Labute approximate surface area is 173 Å². The summed E-state index contributed by atoms with van der Waals surface area (Å²) >= 11 is 1.41. The zero-order chi connectivity index (χ0) is 20.8. The molecule has 2 aromatic rings. The van der Waals surface area contributed by atoms with Gasteiger partial charge in [-0.15, -0.1) is 11.8 Å². The second-order valence-electron chi connectivity index (χ2n) is 6.38. The third-order valence-electron chi connectivity index (χ3n) is 4.43. The van der Waals surface area contributed by atoms with Crippen molar-refractivity contribution >= 4 is 17.4 Å². The summed E-state index contributed by atoms with van der Waals surface area (Å²) in [6.45, 7) is 6.71. The second kappa shape index (κ2) is 9.17. The van der Waals surface area contributed by atoms with Gasteiger partial charge < -0.3 is 4.90 Å². The van der Waals surface area contributed by atoms with Crippen molar-refractivity contribution in [2.24, 2.45) is 0 Å². The molecular formula is C21H19N5O2S. The first-order valence-electron chi connectivity index (χ1n) is 8.89. The van der Waals surface area contributed by atoms with Crippen molar-refractivity contribution in [2.45, 2.75) is 18.7 Å². The molecule has 1 unspecified atom stereocenters. The van der Waals surface area contributed by atoms with Crippen LogP contribution in [-0.2, 0) is 6.54 Å². The molecule has 8 heteroatoms. The summed E-state index contributed by atoms with van der Waals surface area (Å²) in [6, 6.07) is 7.74. The van der Waals surface area contributed by atoms with E-state index in [1.54, 1.807) is 30.6 Å². The van der Waals surface area contributed by atoms with Gasteiger partial charge in [-0.3, -0.25) is 10.1 Å². The van der Waals surface area contributed by atoms with E-state index in [-0.39, 0.29) is 10.9 Å². The van der Waals surface area contributed by atoms with Crippen molar-refractivity contribution in [3.63, 3.8) is 0 Å². The van der Waals surface area contributed by atoms with Crippen LogP contribution in [0.1, 0.15) is 28.9 Å². The number of hydrogen-bond acceptors (Lipinski definition) is 7. The van der Waals surface area contributed by atoms with Crippen molar-refractivity contribution in [2.75, 3.05) is 11.4 Å². The van der Waals surface area contributed by atoms with Crippen LogP contribution in [0, 0.1) is 21.4 Å². The maximum atomic E-state index is 11.3. The predicted octanol–water partition coefficient (Wildman–Crippen LogP) is 4.39. The van der Waals surface area contributed by atoms with Crippen LogP contribution in [0.3, 0.4) is 0 Å². The van der Waals surface area contributed by atoms with Crippen LogP contribution >= 0.6 is 11.8 Å². The standard InChI is InChI=1S/C21H19N5O2S/c1-3-4-5-20(15(2)26(27)28)29-21-13-25(12-17-10-23-14-24-11-17)19-8-16(9-22)6-7-18(19)21/h3-8,10-11,14,21H,2,12-13H2,1H3/b4-3-,20-5+. The third kappa shape index (κ3) is 4.70. The van der Waals surface area contributed by atoms with E-state index < -0.39 is 4.92 Å². The summed E-state index contributed by atoms with van der Waals surface area (Å²) in [5, 5.41) is 20.5. The van der Waals surface area contributed by atoms with Gasteiger partial charge in [-0.1, -0.05) is 18.2 Å². The van der Waals surface area contributed by atoms with E-state index in [4.69, 9.17) is 0 Å². The Morgan fingerprint density at radius 1 is 1.48 bits per heavy atom. The van der Waals surface area contributed by atoms with Gasteiger partial charge in [0.15, 0.2) is 0 Å². The van der Waals surface area contributed by atoms with Gasteiger partial charge in [-0.2, -0.15) is 5.26 Å². The molecule has 0 saturated carbocycles. The highest BCUT2D eigenvalue weighted by atomic mass is 32.2. The van der Waals surface area contributed by atoms with Crippen molar-refractivity contribution in [1.82, 2.24) is 9.97 Å². The van der Waals surface area contributed by atoms with E-state index in [2.05, 4.69) is 27.5 Å². The van der Waals surface area contributed by atoms with Gasteiger partial charge in [-0.05, 0) is 37.3 Å². The maximum Gasteiger partial charge on any atom is 0.275 e. The second-order valence-corrected chi connectivity index (χ2v) is 7.62. The molecule has 0 bridgehead atoms. The van der Waals surface area contributed by atoms with Crippen LogP contribution in [0.25, 0.3) is 0 Å². The fourth-order valence-corrected chi connectivity index (χ4v) is 4.32. The number of anilines is 1. The van der Waals surface area contributed by atoms with Gasteiger partial charge in [0.1, 0.15) is 6.33 Å². The largest absolute Gasteiger partial charge is 0.365 e. The molecule has 0 fully saturated rings. The summed E-state index contributed by atoms with van der Waals surface area (Å²) in [5.74, 6) is 0. The Hall–Kier alpha value is -3.44. The number of rotatable bonds is 7. The summed E-state index contributed by atoms with van der Waals surface area (Å²) in [4.78, 5) is 21.6. The van der Waals surface area contributed by atoms with E-state index in [1.807, 2.05) is 25.1 Å². The van der Waals surface area contributed by atoms with E-state index in [1.165, 1.54) is 18.1 Å². The normalized spacial score (nSPS) is 15.9. The number of hydrogen-bond donors (Lipinski definition) is 0. The molecule has 0 aliphatic carbocycles. The smallest absolute Gasteiger partial charge is 0.275 e. The van der Waals surface area contributed by atoms with E-state index >= 15 is 0 Å². The van der Waals surface area contributed by atoms with Gasteiger partial charge in [0, 0.05) is 36.7 Å². The van der Waals surface area contributed by atoms with E-state index in [0.29, 0.717) is 23.6 Å². The fourth-order valence-electron chi connectivity index (χ4n) is 3.07. The zero-order valence-electron chi connectivity index (χ0n) is 15.9. The van der Waals surface area contributed by atoms with Gasteiger partial charge in [0.25, 0.3) is 5.70 Å². The van der Waals surface area contributed by atoms with Crippen molar-refractivity contribution in [1.29, 1.82) is 5.26 Å². The summed E-state index contributed by atoms with van der Waals surface area (Å²) < 4.78 is 0. The van der Waals surface area contributed by atoms with Crippen LogP contribution in [0.4, 0.5) is 5.69 Å². The van der Waals surface area contributed by atoms with E-state index in [0.717, 1.165) is 16.8 Å². The SMILES string of the molecule is C=C(/C(=C\C=C/C)SC1CN(Cc2cncnc2)c2cc(C#N)ccc21)[N+](=O)[O-]. The molecule has 7 nitrogen and oxygen atoms in total. The summed E-state index contributed by atoms with van der Waals surface area (Å²) in [5.41, 5.74) is 3.38. The lowest BCUT2D eigenvalue weighted by Gasteiger charge is -2.19. The first-order valence-corrected chi connectivity index (χ1v) is 9.77. The molecule has 1 aromatic heterocycles. The zero-order valence-corrected chi connectivity index (χ0v) is 16.7. The minimum absolute atomic E-state index is 0.0319. The van der Waals surface area contributed by atoms with Crippen LogP contribution in [0.2, 0.25) is 0 Å². The Morgan fingerprint density at radius 2 is 2.24 bits per heavy atom. The van der Waals surface area contributed by atoms with Gasteiger partial charge in [0.05, 0.1) is 26.7 Å². The first kappa shape index (κ1) is 20.3. The summed E-state index contributed by atoms with van der Waals surface area (Å²) in [7, 11) is 0. The highest BCUT2D eigenvalue weighted by Gasteiger charge is 2.32. The Bertz CT molecular complexity index is 1030. The van der Waals surface area contributed by atoms with Crippen LogP contribution in [0.15, 0.2) is 72.3 Å². The number of allylic oxidation sites excluding steroid dienone is 3. The van der Waals surface area contributed by atoms with Crippen molar-refractivity contribution < 1.29 is 4.92 Å². The molecule has 146 valence electrons. The van der Waals surface area contributed by atoms with Gasteiger partial charge in [-0.25, -0.2) is 9.97 Å². The Balaban J connectivity index is 1.93. The molecule has 3 rings (SSSR count). The maximum absolute atomic E-state index is 11.3. The van der Waals surface area contributed by atoms with Crippen molar-refractivity contribution in [3.8, 4) is 6.07 Å². The average molecular weight is 405 g/mol. The number of thioether (sulfide) groups is 1. The lowest BCUT2D eigenvalue weighted by Crippen LogP contribution is -2.21. The Morgan fingerprint density at radius 3 is 2.90 bits per heavy atom. The number of nitro groups is 1. The molecule has 0 saturated heterocycles.